The Bertz CT molecular complexity index is 1140. The van der Waals surface area contributed by atoms with Crippen molar-refractivity contribution >= 4 is 11.9 Å². The normalized spacial score (nSPS) is 12.7. The maximum absolute atomic E-state index is 12.5. The average Bonchev–Trinajstić information content (AvgIpc) is 3.39. The van der Waals surface area contributed by atoms with Crippen LogP contribution in [0.5, 0.6) is 0 Å². The van der Waals surface area contributed by atoms with Gasteiger partial charge in [0.1, 0.15) is 0 Å². The molecule has 432 valence electrons. The molecule has 0 aromatic carbocycles. The van der Waals surface area contributed by atoms with E-state index in [2.05, 4.69) is 43.5 Å². The van der Waals surface area contributed by atoms with Crippen LogP contribution in [0.25, 0.3) is 0 Å². The van der Waals surface area contributed by atoms with E-state index in [0.29, 0.717) is 25.9 Å². The predicted octanol–water partition coefficient (Wildman–Crippen LogP) is 21.0. The van der Waals surface area contributed by atoms with Crippen molar-refractivity contribution in [3.8, 4) is 0 Å². The summed E-state index contributed by atoms with van der Waals surface area (Å²) in [6, 6.07) is -0.543. The first kappa shape index (κ1) is 71.3. The Morgan fingerprint density at radius 2 is 0.685 bits per heavy atom. The molecule has 0 saturated heterocycles. The number of hydrogen-bond donors (Lipinski definition) is 3. The predicted molar refractivity (Wildman–Crippen MR) is 320 cm³/mol. The molecule has 0 aliphatic heterocycles. The molecule has 6 nitrogen and oxygen atoms in total. The number of esters is 1. The first-order valence-electron chi connectivity index (χ1n) is 33.1. The number of aliphatic hydroxyl groups excluding tert-OH is 2. The van der Waals surface area contributed by atoms with Crippen LogP contribution in [-0.2, 0) is 14.3 Å². The van der Waals surface area contributed by atoms with Crippen LogP contribution in [0.15, 0.2) is 24.3 Å². The number of aliphatic hydroxyl groups is 2. The minimum absolute atomic E-state index is 0.0134. The third-order valence-corrected chi connectivity index (χ3v) is 15.5. The molecule has 3 N–H and O–H groups in total. The number of amides is 1. The van der Waals surface area contributed by atoms with Crippen molar-refractivity contribution < 1.29 is 24.5 Å². The lowest BCUT2D eigenvalue weighted by molar-refractivity contribution is -0.143. The van der Waals surface area contributed by atoms with Crippen molar-refractivity contribution in [1.29, 1.82) is 0 Å². The second-order valence-electron chi connectivity index (χ2n) is 22.8. The van der Waals surface area contributed by atoms with Crippen molar-refractivity contribution in [1.82, 2.24) is 5.32 Å². The summed E-state index contributed by atoms with van der Waals surface area (Å²) in [5.41, 5.74) is 0. The van der Waals surface area contributed by atoms with Crippen LogP contribution < -0.4 is 5.32 Å². The van der Waals surface area contributed by atoms with Crippen molar-refractivity contribution in [2.75, 3.05) is 13.2 Å². The fourth-order valence-corrected chi connectivity index (χ4v) is 10.4. The highest BCUT2D eigenvalue weighted by Crippen LogP contribution is 2.18. The number of carbonyl (C=O) groups excluding carboxylic acids is 2. The van der Waals surface area contributed by atoms with Crippen LogP contribution in [-0.4, -0.2) is 47.4 Å². The number of ether oxygens (including phenoxy) is 1. The van der Waals surface area contributed by atoms with Crippen molar-refractivity contribution in [3.05, 3.63) is 24.3 Å². The highest BCUT2D eigenvalue weighted by molar-refractivity contribution is 5.76. The first-order chi connectivity index (χ1) is 36.0. The molecule has 73 heavy (non-hydrogen) atoms. The van der Waals surface area contributed by atoms with Gasteiger partial charge in [0.25, 0.3) is 0 Å². The number of allylic oxidation sites excluding steroid dienone is 4. The molecule has 0 fully saturated rings. The van der Waals surface area contributed by atoms with Gasteiger partial charge < -0.3 is 20.3 Å². The van der Waals surface area contributed by atoms with Gasteiger partial charge in [0, 0.05) is 12.8 Å². The lowest BCUT2D eigenvalue weighted by Gasteiger charge is -2.22. The SMILES string of the molecule is CCCCCCCCCCCCCCCCCC(O)C(CO)NC(=O)CCCCCCCCCCCCC/C=C\C/C=C\CCCCCCCCCCCOC(=O)CCCCCCCCCCCCCCCC. The molecule has 0 bridgehead atoms. The smallest absolute Gasteiger partial charge is 0.305 e. The summed E-state index contributed by atoms with van der Waals surface area (Å²) in [4.78, 5) is 24.5. The third kappa shape index (κ3) is 59.4. The maximum Gasteiger partial charge on any atom is 0.305 e. The molecule has 2 unspecified atom stereocenters. The molecule has 0 aliphatic carbocycles. The van der Waals surface area contributed by atoms with Gasteiger partial charge >= 0.3 is 5.97 Å². The minimum atomic E-state index is -0.666. The molecule has 1 amide bonds. The summed E-state index contributed by atoms with van der Waals surface area (Å²) in [7, 11) is 0. The van der Waals surface area contributed by atoms with Crippen molar-refractivity contribution in [3.63, 3.8) is 0 Å². The molecule has 0 radical (unpaired) electrons. The average molecular weight is 1030 g/mol. The topological polar surface area (TPSA) is 95.9 Å². The molecule has 0 spiro atoms. The quantitative estimate of drug-likeness (QED) is 0.0320. The number of nitrogens with one attached hydrogen (secondary N) is 1. The summed E-state index contributed by atoms with van der Waals surface area (Å²) >= 11 is 0. The Hall–Kier alpha value is -1.66. The largest absolute Gasteiger partial charge is 0.466 e. The van der Waals surface area contributed by atoms with Crippen LogP contribution in [0.2, 0.25) is 0 Å². The molecule has 0 aliphatic rings. The number of carbonyl (C=O) groups is 2. The van der Waals surface area contributed by atoms with Gasteiger partial charge in [-0.25, -0.2) is 0 Å². The highest BCUT2D eigenvalue weighted by Gasteiger charge is 2.20. The molecule has 0 aromatic heterocycles. The van der Waals surface area contributed by atoms with Crippen LogP contribution in [0.1, 0.15) is 367 Å². The molecule has 0 rings (SSSR count). The highest BCUT2D eigenvalue weighted by atomic mass is 16.5. The van der Waals surface area contributed by atoms with Crippen molar-refractivity contribution in [2.24, 2.45) is 0 Å². The lowest BCUT2D eigenvalue weighted by Crippen LogP contribution is -2.45. The van der Waals surface area contributed by atoms with Gasteiger partial charge in [-0.15, -0.1) is 0 Å². The summed E-state index contributed by atoms with van der Waals surface area (Å²) in [5.74, 6) is -0.0224. The van der Waals surface area contributed by atoms with Gasteiger partial charge in [-0.1, -0.05) is 321 Å². The summed E-state index contributed by atoms with van der Waals surface area (Å²) in [5, 5.41) is 23.3. The summed E-state index contributed by atoms with van der Waals surface area (Å²) in [6.45, 7) is 4.98. The van der Waals surface area contributed by atoms with E-state index in [1.807, 2.05) is 0 Å². The molecular weight excluding hydrogens is 899 g/mol. The van der Waals surface area contributed by atoms with Crippen LogP contribution in [0, 0.1) is 0 Å². The number of rotatable bonds is 62. The molecule has 2 atom stereocenters. The zero-order valence-corrected chi connectivity index (χ0v) is 49.4. The van der Waals surface area contributed by atoms with E-state index >= 15 is 0 Å². The van der Waals surface area contributed by atoms with E-state index in [-0.39, 0.29) is 18.5 Å². The zero-order chi connectivity index (χ0) is 52.9. The Morgan fingerprint density at radius 1 is 0.384 bits per heavy atom. The summed E-state index contributed by atoms with van der Waals surface area (Å²) in [6.07, 6.45) is 77.8. The Balaban J connectivity index is 3.40. The fourth-order valence-electron chi connectivity index (χ4n) is 10.4. The van der Waals surface area contributed by atoms with Gasteiger partial charge in [-0.3, -0.25) is 9.59 Å². The van der Waals surface area contributed by atoms with Gasteiger partial charge in [0.05, 0.1) is 25.4 Å². The van der Waals surface area contributed by atoms with E-state index in [1.165, 1.54) is 289 Å². The maximum atomic E-state index is 12.5. The number of unbranched alkanes of at least 4 members (excludes halogenated alkanes) is 47. The molecule has 0 heterocycles. The van der Waals surface area contributed by atoms with Gasteiger partial charge in [0.15, 0.2) is 0 Å². The molecule has 6 heteroatoms. The fraction of sp³-hybridized carbons (Fsp3) is 0.910. The van der Waals surface area contributed by atoms with Crippen molar-refractivity contribution in [2.45, 2.75) is 379 Å². The molecule has 0 aromatic rings. The van der Waals surface area contributed by atoms with Gasteiger partial charge in [-0.05, 0) is 57.8 Å². The zero-order valence-electron chi connectivity index (χ0n) is 49.4. The Labute approximate surface area is 456 Å². The van der Waals surface area contributed by atoms with Crippen LogP contribution >= 0.6 is 0 Å². The van der Waals surface area contributed by atoms with Gasteiger partial charge in [-0.2, -0.15) is 0 Å². The second kappa shape index (κ2) is 62.9. The minimum Gasteiger partial charge on any atom is -0.466 e. The van der Waals surface area contributed by atoms with E-state index < -0.39 is 12.1 Å². The van der Waals surface area contributed by atoms with E-state index in [4.69, 9.17) is 4.74 Å². The standard InChI is InChI=1S/C67H129NO5/c1-3-5-7-9-11-13-15-17-32-35-39-43-47-51-55-59-65(70)64(63-69)68-66(71)60-56-52-48-44-40-36-33-30-28-26-24-22-20-19-21-23-25-27-29-31-34-38-42-46-50-54-58-62-73-67(72)61-57-53-49-45-41-37-18-16-14-12-10-8-6-4-2/h19-20,23,25,64-65,69-70H,3-18,21-22,24,26-63H2,1-2H3,(H,68,71)/b20-19-,25-23-. The van der Waals surface area contributed by atoms with Crippen LogP contribution in [0.3, 0.4) is 0 Å². The molecule has 0 saturated carbocycles. The van der Waals surface area contributed by atoms with E-state index in [9.17, 15) is 19.8 Å². The Kier molecular flexibility index (Phi) is 61.4. The Morgan fingerprint density at radius 3 is 1.04 bits per heavy atom. The molecular formula is C67H129NO5. The van der Waals surface area contributed by atoms with E-state index in [0.717, 1.165) is 44.9 Å². The third-order valence-electron chi connectivity index (χ3n) is 15.5. The summed E-state index contributed by atoms with van der Waals surface area (Å²) < 4.78 is 5.48. The van der Waals surface area contributed by atoms with Gasteiger partial charge in [0.2, 0.25) is 5.91 Å². The first-order valence-corrected chi connectivity index (χ1v) is 33.1. The van der Waals surface area contributed by atoms with Crippen LogP contribution in [0.4, 0.5) is 0 Å². The monoisotopic (exact) mass is 1030 g/mol. The van der Waals surface area contributed by atoms with E-state index in [1.54, 1.807) is 0 Å². The lowest BCUT2D eigenvalue weighted by atomic mass is 10.0. The second-order valence-corrected chi connectivity index (χ2v) is 22.8. The number of hydrogen-bond acceptors (Lipinski definition) is 5.